The summed E-state index contributed by atoms with van der Waals surface area (Å²) in [5.74, 6) is -0.499. The van der Waals surface area contributed by atoms with E-state index in [1.165, 1.54) is 11.9 Å². The summed E-state index contributed by atoms with van der Waals surface area (Å²) in [5.41, 5.74) is 3.09. The third kappa shape index (κ3) is 2.09. The van der Waals surface area contributed by atoms with Crippen molar-refractivity contribution in [2.45, 2.75) is 20.8 Å². The lowest BCUT2D eigenvalue weighted by Crippen LogP contribution is -2.13. The number of carbonyl (C=O) groups is 1. The summed E-state index contributed by atoms with van der Waals surface area (Å²) >= 11 is 0. The van der Waals surface area contributed by atoms with Crippen LogP contribution in [0.3, 0.4) is 0 Å². The molecule has 2 heterocycles. The van der Waals surface area contributed by atoms with Crippen LogP contribution in [-0.4, -0.2) is 33.1 Å². The Kier molecular flexibility index (Phi) is 3.10. The van der Waals surface area contributed by atoms with Crippen molar-refractivity contribution >= 4 is 5.97 Å². The second kappa shape index (κ2) is 4.56. The first-order valence-electron chi connectivity index (χ1n) is 5.50. The van der Waals surface area contributed by atoms with Crippen LogP contribution in [0.15, 0.2) is 12.1 Å². The lowest BCUT2D eigenvalue weighted by molar-refractivity contribution is 0.0593. The maximum Gasteiger partial charge on any atom is 0.358 e. The van der Waals surface area contributed by atoms with Gasteiger partial charge in [-0.1, -0.05) is 0 Å². The van der Waals surface area contributed by atoms with Crippen molar-refractivity contribution in [1.82, 2.24) is 20.0 Å². The van der Waals surface area contributed by atoms with Gasteiger partial charge in [0.1, 0.15) is 5.69 Å². The van der Waals surface area contributed by atoms with Gasteiger partial charge in [-0.05, 0) is 32.9 Å². The molecular formula is C12H14N4O2. The van der Waals surface area contributed by atoms with Gasteiger partial charge < -0.3 is 4.74 Å². The van der Waals surface area contributed by atoms with Crippen LogP contribution >= 0.6 is 0 Å². The molecule has 18 heavy (non-hydrogen) atoms. The SMILES string of the molecule is COC(=O)c1nc(C)ccc1-n1nc(C)c(C)n1. The smallest absolute Gasteiger partial charge is 0.358 e. The van der Waals surface area contributed by atoms with E-state index >= 15 is 0 Å². The van der Waals surface area contributed by atoms with Gasteiger partial charge in [0, 0.05) is 5.69 Å². The normalized spacial score (nSPS) is 10.4. The Morgan fingerprint density at radius 1 is 1.17 bits per heavy atom. The molecule has 0 saturated carbocycles. The van der Waals surface area contributed by atoms with Crippen LogP contribution < -0.4 is 0 Å². The van der Waals surface area contributed by atoms with Crippen molar-refractivity contribution in [1.29, 1.82) is 0 Å². The van der Waals surface area contributed by atoms with Crippen LogP contribution in [0.25, 0.3) is 5.69 Å². The molecule has 6 heteroatoms. The van der Waals surface area contributed by atoms with E-state index in [4.69, 9.17) is 4.74 Å². The number of pyridine rings is 1. The molecular weight excluding hydrogens is 232 g/mol. The van der Waals surface area contributed by atoms with Crippen LogP contribution in [-0.2, 0) is 4.74 Å². The van der Waals surface area contributed by atoms with E-state index < -0.39 is 5.97 Å². The molecule has 0 spiro atoms. The van der Waals surface area contributed by atoms with Gasteiger partial charge in [0.05, 0.1) is 18.5 Å². The number of carbonyl (C=O) groups excluding carboxylic acids is 1. The van der Waals surface area contributed by atoms with Gasteiger partial charge in [-0.2, -0.15) is 10.2 Å². The monoisotopic (exact) mass is 246 g/mol. The van der Waals surface area contributed by atoms with E-state index in [0.29, 0.717) is 5.69 Å². The highest BCUT2D eigenvalue weighted by molar-refractivity contribution is 5.91. The minimum atomic E-state index is -0.499. The molecule has 2 aromatic rings. The van der Waals surface area contributed by atoms with Crippen LogP contribution in [0.5, 0.6) is 0 Å². The number of aryl methyl sites for hydroxylation is 3. The highest BCUT2D eigenvalue weighted by Gasteiger charge is 2.17. The summed E-state index contributed by atoms with van der Waals surface area (Å²) in [7, 11) is 1.32. The maximum absolute atomic E-state index is 11.7. The van der Waals surface area contributed by atoms with Crippen LogP contribution in [0.2, 0.25) is 0 Å². The van der Waals surface area contributed by atoms with Crippen LogP contribution in [0, 0.1) is 20.8 Å². The maximum atomic E-state index is 11.7. The molecule has 0 N–H and O–H groups in total. The lowest BCUT2D eigenvalue weighted by Gasteiger charge is -2.06. The molecule has 2 aromatic heterocycles. The number of hydrogen-bond donors (Lipinski definition) is 0. The molecule has 0 aliphatic rings. The number of hydrogen-bond acceptors (Lipinski definition) is 5. The molecule has 0 aliphatic heterocycles. The number of rotatable bonds is 2. The van der Waals surface area contributed by atoms with Gasteiger partial charge in [0.15, 0.2) is 5.69 Å². The van der Waals surface area contributed by atoms with Crippen molar-refractivity contribution < 1.29 is 9.53 Å². The molecule has 6 nitrogen and oxygen atoms in total. The summed E-state index contributed by atoms with van der Waals surface area (Å²) in [6, 6.07) is 3.56. The molecule has 0 unspecified atom stereocenters. The summed E-state index contributed by atoms with van der Waals surface area (Å²) in [4.78, 5) is 17.3. The van der Waals surface area contributed by atoms with Crippen molar-refractivity contribution in [3.05, 3.63) is 34.9 Å². The average molecular weight is 246 g/mol. The molecule has 0 radical (unpaired) electrons. The molecule has 94 valence electrons. The van der Waals surface area contributed by atoms with Crippen molar-refractivity contribution in [3.63, 3.8) is 0 Å². The first-order valence-corrected chi connectivity index (χ1v) is 5.50. The standard InChI is InChI=1S/C12H14N4O2/c1-7-5-6-10(11(13-7)12(17)18-4)16-14-8(2)9(3)15-16/h5-6H,1-4H3. The minimum absolute atomic E-state index is 0.215. The van der Waals surface area contributed by atoms with Crippen molar-refractivity contribution in [3.8, 4) is 5.69 Å². The molecule has 2 rings (SSSR count). The van der Waals surface area contributed by atoms with E-state index in [0.717, 1.165) is 17.1 Å². The molecule has 0 fully saturated rings. The largest absolute Gasteiger partial charge is 0.464 e. The Morgan fingerprint density at radius 3 is 2.33 bits per heavy atom. The van der Waals surface area contributed by atoms with Crippen molar-refractivity contribution in [2.75, 3.05) is 7.11 Å². The fourth-order valence-electron chi connectivity index (χ4n) is 1.52. The topological polar surface area (TPSA) is 69.9 Å². The Labute approximate surface area is 105 Å². The van der Waals surface area contributed by atoms with E-state index in [-0.39, 0.29) is 5.69 Å². The molecule has 0 aliphatic carbocycles. The number of ether oxygens (including phenoxy) is 1. The van der Waals surface area contributed by atoms with E-state index in [1.54, 1.807) is 12.1 Å². The zero-order chi connectivity index (χ0) is 13.3. The third-order valence-corrected chi connectivity index (χ3v) is 2.62. The molecule has 0 bridgehead atoms. The number of methoxy groups -OCH3 is 1. The zero-order valence-electron chi connectivity index (χ0n) is 10.8. The Balaban J connectivity index is 2.59. The van der Waals surface area contributed by atoms with Crippen LogP contribution in [0.4, 0.5) is 0 Å². The summed E-state index contributed by atoms with van der Waals surface area (Å²) < 4.78 is 4.72. The van der Waals surface area contributed by atoms with Gasteiger partial charge >= 0.3 is 5.97 Å². The van der Waals surface area contributed by atoms with E-state index in [1.807, 2.05) is 20.8 Å². The molecule has 0 saturated heterocycles. The highest BCUT2D eigenvalue weighted by Crippen LogP contribution is 2.14. The van der Waals surface area contributed by atoms with Gasteiger partial charge in [0.25, 0.3) is 0 Å². The Bertz CT molecular complexity index is 585. The first kappa shape index (κ1) is 12.2. The van der Waals surface area contributed by atoms with Gasteiger partial charge in [-0.3, -0.25) is 0 Å². The second-order valence-corrected chi connectivity index (χ2v) is 3.97. The third-order valence-electron chi connectivity index (χ3n) is 2.62. The van der Waals surface area contributed by atoms with Gasteiger partial charge in [-0.15, -0.1) is 4.80 Å². The average Bonchev–Trinajstić information content (AvgIpc) is 2.68. The predicted octanol–water partition coefficient (Wildman–Crippen LogP) is 1.37. The Morgan fingerprint density at radius 2 is 1.78 bits per heavy atom. The van der Waals surface area contributed by atoms with E-state index in [2.05, 4.69) is 15.2 Å². The van der Waals surface area contributed by atoms with E-state index in [9.17, 15) is 4.79 Å². The predicted molar refractivity (Wildman–Crippen MR) is 64.7 cm³/mol. The second-order valence-electron chi connectivity index (χ2n) is 3.97. The number of aromatic nitrogens is 4. The number of esters is 1. The van der Waals surface area contributed by atoms with Gasteiger partial charge in [-0.25, -0.2) is 9.78 Å². The fourth-order valence-corrected chi connectivity index (χ4v) is 1.52. The van der Waals surface area contributed by atoms with Gasteiger partial charge in [0.2, 0.25) is 0 Å². The summed E-state index contributed by atoms with van der Waals surface area (Å²) in [6.45, 7) is 5.53. The molecule has 0 aromatic carbocycles. The first-order chi connectivity index (χ1) is 8.52. The molecule has 0 atom stereocenters. The fraction of sp³-hybridized carbons (Fsp3) is 0.333. The lowest BCUT2D eigenvalue weighted by atomic mass is 10.2. The minimum Gasteiger partial charge on any atom is -0.464 e. The van der Waals surface area contributed by atoms with Crippen molar-refractivity contribution in [2.24, 2.45) is 0 Å². The summed E-state index contributed by atoms with van der Waals surface area (Å²) in [6.07, 6.45) is 0. The Hall–Kier alpha value is -2.24. The number of nitrogens with zero attached hydrogens (tertiary/aromatic N) is 4. The summed E-state index contributed by atoms with van der Waals surface area (Å²) in [5, 5.41) is 8.49. The molecule has 0 amide bonds. The van der Waals surface area contributed by atoms with Crippen LogP contribution in [0.1, 0.15) is 27.6 Å². The zero-order valence-corrected chi connectivity index (χ0v) is 10.8. The quantitative estimate of drug-likeness (QED) is 0.748. The highest BCUT2D eigenvalue weighted by atomic mass is 16.5.